The molecule has 0 bridgehead atoms. The standard InChI is InChI=1S/C29H38Cl2F3N5O4/c1-18(17-43-3)36-13-20-10-21(29(32,33)34)5-7-26(20)38-8-9-39(23(15-38)16-40)28(42)25(37-27(41)14-35-2)11-19-4-6-22(30)12-24(19)31/h4-7,10,12,18,23,25,35-36,40H,8-9,11,13-17H2,1-3H3,(H,37,41)/t18?,23-,25+/m0/s1. The number of ether oxygens (including phenoxy) is 1. The summed E-state index contributed by atoms with van der Waals surface area (Å²) >= 11 is 12.4. The maximum atomic E-state index is 13.8. The van der Waals surface area contributed by atoms with Crippen LogP contribution < -0.4 is 20.9 Å². The van der Waals surface area contributed by atoms with Crippen molar-refractivity contribution in [3.05, 3.63) is 63.1 Å². The third kappa shape index (κ3) is 9.69. The highest BCUT2D eigenvalue weighted by Gasteiger charge is 2.36. The summed E-state index contributed by atoms with van der Waals surface area (Å²) in [4.78, 5) is 29.7. The smallest absolute Gasteiger partial charge is 0.394 e. The van der Waals surface area contributed by atoms with E-state index < -0.39 is 35.6 Å². The number of benzene rings is 2. The molecule has 1 unspecified atom stereocenters. The van der Waals surface area contributed by atoms with Gasteiger partial charge in [-0.3, -0.25) is 9.59 Å². The van der Waals surface area contributed by atoms with E-state index in [2.05, 4.69) is 16.0 Å². The Morgan fingerprint density at radius 1 is 1.14 bits per heavy atom. The van der Waals surface area contributed by atoms with Gasteiger partial charge < -0.3 is 35.6 Å². The van der Waals surface area contributed by atoms with E-state index in [4.69, 9.17) is 27.9 Å². The van der Waals surface area contributed by atoms with Crippen molar-refractivity contribution in [2.75, 3.05) is 58.5 Å². The minimum atomic E-state index is -4.51. The van der Waals surface area contributed by atoms with E-state index in [0.717, 1.165) is 12.1 Å². The van der Waals surface area contributed by atoms with Crippen LogP contribution in [0.25, 0.3) is 0 Å². The van der Waals surface area contributed by atoms with Gasteiger partial charge in [-0.2, -0.15) is 13.2 Å². The second-order valence-electron chi connectivity index (χ2n) is 10.5. The van der Waals surface area contributed by atoms with Crippen LogP contribution in [0.15, 0.2) is 36.4 Å². The SMILES string of the molecule is CNCC(=O)N[C@H](Cc1ccc(Cl)cc1Cl)C(=O)N1CCN(c2ccc(C(F)(F)F)cc2CNC(C)COC)C[C@H]1CO. The number of hydrogen-bond donors (Lipinski definition) is 4. The first-order valence-corrected chi connectivity index (χ1v) is 14.6. The maximum Gasteiger partial charge on any atom is 0.416 e. The van der Waals surface area contributed by atoms with E-state index in [-0.39, 0.29) is 45.2 Å². The number of anilines is 1. The number of amides is 2. The zero-order valence-electron chi connectivity index (χ0n) is 24.3. The fourth-order valence-corrected chi connectivity index (χ4v) is 5.52. The van der Waals surface area contributed by atoms with E-state index in [1.165, 1.54) is 11.0 Å². The predicted octanol–water partition coefficient (Wildman–Crippen LogP) is 3.09. The van der Waals surface area contributed by atoms with Crippen LogP contribution in [-0.4, -0.2) is 93.5 Å². The Hall–Kier alpha value is -2.61. The van der Waals surface area contributed by atoms with Crippen molar-refractivity contribution in [3.8, 4) is 0 Å². The Labute approximate surface area is 259 Å². The Morgan fingerprint density at radius 2 is 1.88 bits per heavy atom. The number of nitrogens with zero attached hydrogens (tertiary/aromatic N) is 2. The monoisotopic (exact) mass is 647 g/mol. The van der Waals surface area contributed by atoms with Crippen molar-refractivity contribution < 1.29 is 32.6 Å². The summed E-state index contributed by atoms with van der Waals surface area (Å²) in [7, 11) is 3.15. The molecule has 14 heteroatoms. The van der Waals surface area contributed by atoms with Crippen LogP contribution in [0.5, 0.6) is 0 Å². The van der Waals surface area contributed by atoms with Crippen LogP contribution in [0, 0.1) is 0 Å². The lowest BCUT2D eigenvalue weighted by Crippen LogP contribution is -2.61. The zero-order chi connectivity index (χ0) is 31.7. The number of carbonyl (C=O) groups is 2. The van der Waals surface area contributed by atoms with Gasteiger partial charge in [0.1, 0.15) is 6.04 Å². The molecule has 238 valence electrons. The normalized spacial score (nSPS) is 17.1. The van der Waals surface area contributed by atoms with Gasteiger partial charge in [-0.25, -0.2) is 0 Å². The molecular formula is C29H38Cl2F3N5O4. The van der Waals surface area contributed by atoms with E-state index in [1.807, 2.05) is 11.8 Å². The second kappa shape index (κ2) is 15.9. The summed E-state index contributed by atoms with van der Waals surface area (Å²) in [6, 6.07) is 6.70. The summed E-state index contributed by atoms with van der Waals surface area (Å²) in [5.74, 6) is -0.799. The average molecular weight is 649 g/mol. The first-order valence-electron chi connectivity index (χ1n) is 13.8. The fraction of sp³-hybridized carbons (Fsp3) is 0.517. The average Bonchev–Trinajstić information content (AvgIpc) is 2.96. The number of piperazine rings is 1. The van der Waals surface area contributed by atoms with Gasteiger partial charge >= 0.3 is 6.18 Å². The van der Waals surface area contributed by atoms with Crippen molar-refractivity contribution >= 4 is 40.7 Å². The molecule has 1 aliphatic heterocycles. The summed E-state index contributed by atoms with van der Waals surface area (Å²) in [5.41, 5.74) is 0.852. The molecule has 0 aromatic heterocycles. The quantitative estimate of drug-likeness (QED) is 0.265. The van der Waals surface area contributed by atoms with Gasteiger partial charge in [0, 0.05) is 61.5 Å². The number of alkyl halides is 3. The molecule has 1 heterocycles. The van der Waals surface area contributed by atoms with Gasteiger partial charge in [0.2, 0.25) is 11.8 Å². The molecule has 2 aromatic rings. The molecule has 4 N–H and O–H groups in total. The first kappa shape index (κ1) is 34.9. The number of likely N-dealkylation sites (N-methyl/N-ethyl adjacent to an activating group) is 1. The lowest BCUT2D eigenvalue weighted by atomic mass is 10.0. The first-order chi connectivity index (χ1) is 20.4. The van der Waals surface area contributed by atoms with Crippen molar-refractivity contribution in [2.45, 2.75) is 44.2 Å². The number of rotatable bonds is 13. The van der Waals surface area contributed by atoms with Gasteiger partial charge in [-0.15, -0.1) is 0 Å². The summed E-state index contributed by atoms with van der Waals surface area (Å²) in [6.45, 7) is 2.66. The van der Waals surface area contributed by atoms with Gasteiger partial charge in [-0.1, -0.05) is 29.3 Å². The molecule has 0 aliphatic carbocycles. The molecule has 0 saturated carbocycles. The fourth-order valence-electron chi connectivity index (χ4n) is 5.04. The molecule has 1 fully saturated rings. The summed E-state index contributed by atoms with van der Waals surface area (Å²) < 4.78 is 45.8. The molecule has 0 radical (unpaired) electrons. The molecule has 2 aromatic carbocycles. The van der Waals surface area contributed by atoms with Crippen LogP contribution >= 0.6 is 23.2 Å². The Kier molecular flexibility index (Phi) is 12.9. The van der Waals surface area contributed by atoms with Crippen LogP contribution in [0.1, 0.15) is 23.6 Å². The molecule has 1 saturated heterocycles. The van der Waals surface area contributed by atoms with E-state index in [1.54, 1.807) is 32.4 Å². The van der Waals surface area contributed by atoms with Gasteiger partial charge in [0.05, 0.1) is 31.4 Å². The van der Waals surface area contributed by atoms with Crippen LogP contribution in [0.2, 0.25) is 10.0 Å². The lowest BCUT2D eigenvalue weighted by molar-refractivity contribution is -0.139. The van der Waals surface area contributed by atoms with Gasteiger partial charge in [-0.05, 0) is 55.4 Å². The minimum absolute atomic E-state index is 0.0108. The highest BCUT2D eigenvalue weighted by molar-refractivity contribution is 6.35. The Bertz CT molecular complexity index is 1250. The number of carbonyl (C=O) groups excluding carboxylic acids is 2. The number of hydrogen-bond acceptors (Lipinski definition) is 7. The highest BCUT2D eigenvalue weighted by Crippen LogP contribution is 2.34. The third-order valence-corrected chi connectivity index (χ3v) is 7.78. The van der Waals surface area contributed by atoms with Crippen molar-refractivity contribution in [2.24, 2.45) is 0 Å². The van der Waals surface area contributed by atoms with Crippen molar-refractivity contribution in [1.82, 2.24) is 20.9 Å². The second-order valence-corrected chi connectivity index (χ2v) is 11.3. The number of aliphatic hydroxyl groups excluding tert-OH is 1. The number of methoxy groups -OCH3 is 1. The van der Waals surface area contributed by atoms with Crippen LogP contribution in [0.3, 0.4) is 0 Å². The van der Waals surface area contributed by atoms with E-state index >= 15 is 0 Å². The number of aliphatic hydroxyl groups is 1. The topological polar surface area (TPSA) is 106 Å². The maximum absolute atomic E-state index is 13.8. The molecule has 43 heavy (non-hydrogen) atoms. The van der Waals surface area contributed by atoms with E-state index in [9.17, 15) is 27.9 Å². The molecule has 2 amide bonds. The van der Waals surface area contributed by atoms with Crippen LogP contribution in [-0.2, 0) is 33.5 Å². The molecule has 0 spiro atoms. The van der Waals surface area contributed by atoms with E-state index in [0.29, 0.717) is 40.0 Å². The largest absolute Gasteiger partial charge is 0.416 e. The summed E-state index contributed by atoms with van der Waals surface area (Å²) in [5, 5.41) is 19.8. The zero-order valence-corrected chi connectivity index (χ0v) is 25.8. The number of nitrogens with one attached hydrogen (secondary N) is 3. The Morgan fingerprint density at radius 3 is 2.51 bits per heavy atom. The minimum Gasteiger partial charge on any atom is -0.394 e. The van der Waals surface area contributed by atoms with Gasteiger partial charge in [0.25, 0.3) is 0 Å². The predicted molar refractivity (Wildman–Crippen MR) is 160 cm³/mol. The number of halogens is 5. The molecule has 3 atom stereocenters. The lowest BCUT2D eigenvalue weighted by Gasteiger charge is -2.43. The molecule has 3 rings (SSSR count). The third-order valence-electron chi connectivity index (χ3n) is 7.19. The molecule has 1 aliphatic rings. The van der Waals surface area contributed by atoms with Crippen molar-refractivity contribution in [3.63, 3.8) is 0 Å². The van der Waals surface area contributed by atoms with Crippen molar-refractivity contribution in [1.29, 1.82) is 0 Å². The highest BCUT2D eigenvalue weighted by atomic mass is 35.5. The van der Waals surface area contributed by atoms with Crippen LogP contribution in [0.4, 0.5) is 18.9 Å². The molecule has 9 nitrogen and oxygen atoms in total. The van der Waals surface area contributed by atoms with Gasteiger partial charge in [0.15, 0.2) is 0 Å². The Balaban J connectivity index is 1.85. The molecular weight excluding hydrogens is 610 g/mol. The summed E-state index contributed by atoms with van der Waals surface area (Å²) in [6.07, 6.45) is -4.42.